The molecule has 1 aromatic rings. The van der Waals surface area contributed by atoms with Crippen LogP contribution in [0.15, 0.2) is 30.3 Å². The molecule has 324 valence electrons. The van der Waals surface area contributed by atoms with Crippen LogP contribution in [0.3, 0.4) is 0 Å². The molecule has 0 radical (unpaired) electrons. The van der Waals surface area contributed by atoms with Crippen molar-refractivity contribution in [2.45, 2.75) is 136 Å². The van der Waals surface area contributed by atoms with E-state index in [2.05, 4.69) is 16.0 Å². The largest absolute Gasteiger partial charge is 0.444 e. The first-order valence-electron chi connectivity index (χ1n) is 20.1. The number of nitrogens with zero attached hydrogens (tertiary/aromatic N) is 2. The zero-order chi connectivity index (χ0) is 43.2. The number of carbonyl (C=O) groups excluding carboxylic acids is 5. The Bertz CT molecular complexity index is 1440. The van der Waals surface area contributed by atoms with Crippen LogP contribution in [-0.4, -0.2) is 142 Å². The van der Waals surface area contributed by atoms with Crippen molar-refractivity contribution in [2.24, 2.45) is 17.8 Å². The number of hydrogen-bond donors (Lipinski definition) is 3. The Kier molecular flexibility index (Phi) is 19.9. The van der Waals surface area contributed by atoms with Gasteiger partial charge < -0.3 is 44.5 Å². The summed E-state index contributed by atoms with van der Waals surface area (Å²) in [6.07, 6.45) is -3.05. The fourth-order valence-electron chi connectivity index (χ4n) is 7.26. The van der Waals surface area contributed by atoms with E-state index in [1.807, 2.05) is 71.9 Å². The fraction of sp³-hybridized carbons (Fsp3) is 0.738. The lowest BCUT2D eigenvalue weighted by Crippen LogP contribution is -2.60. The van der Waals surface area contributed by atoms with Gasteiger partial charge in [0.05, 0.1) is 18.6 Å². The van der Waals surface area contributed by atoms with E-state index in [1.54, 1.807) is 32.7 Å². The van der Waals surface area contributed by atoms with Gasteiger partial charge in [0, 0.05) is 48.5 Å². The number of ether oxygens (including phenoxy) is 5. The Morgan fingerprint density at radius 1 is 0.860 bits per heavy atom. The molecule has 1 aromatic carbocycles. The predicted octanol–water partition coefficient (Wildman–Crippen LogP) is 3.57. The molecule has 1 aliphatic heterocycles. The second-order valence-electron chi connectivity index (χ2n) is 16.6. The number of hydrogen-bond acceptors (Lipinski definition) is 10. The molecular weight excluding hydrogens is 734 g/mol. The van der Waals surface area contributed by atoms with Crippen molar-refractivity contribution in [3.8, 4) is 0 Å². The zero-order valence-corrected chi connectivity index (χ0v) is 36.8. The van der Waals surface area contributed by atoms with Crippen molar-refractivity contribution >= 4 is 29.7 Å². The Labute approximate surface area is 340 Å². The van der Waals surface area contributed by atoms with Crippen LogP contribution in [-0.2, 0) is 49.3 Å². The second kappa shape index (κ2) is 23.0. The molecule has 0 aliphatic carbocycles. The molecule has 1 saturated heterocycles. The van der Waals surface area contributed by atoms with E-state index >= 15 is 0 Å². The average Bonchev–Trinajstić information content (AvgIpc) is 3.52. The molecule has 5 amide bonds. The second-order valence-corrected chi connectivity index (χ2v) is 16.6. The van der Waals surface area contributed by atoms with E-state index in [9.17, 15) is 24.0 Å². The van der Waals surface area contributed by atoms with Crippen molar-refractivity contribution in [2.75, 3.05) is 48.5 Å². The number of likely N-dealkylation sites (N-methyl/N-ethyl adjacent to an activating group) is 2. The smallest absolute Gasteiger partial charge is 0.410 e. The van der Waals surface area contributed by atoms with E-state index in [1.165, 1.54) is 33.3 Å². The third-order valence-corrected chi connectivity index (χ3v) is 10.5. The summed E-state index contributed by atoms with van der Waals surface area (Å²) in [5, 5.41) is 8.76. The number of carbonyl (C=O) groups is 5. The molecule has 0 aromatic heterocycles. The third-order valence-electron chi connectivity index (χ3n) is 10.5. The summed E-state index contributed by atoms with van der Waals surface area (Å²) in [6, 6.07) is 7.44. The van der Waals surface area contributed by atoms with E-state index in [-0.39, 0.29) is 48.4 Å². The van der Waals surface area contributed by atoms with Crippen LogP contribution < -0.4 is 16.0 Å². The Morgan fingerprint density at radius 3 is 1.98 bits per heavy atom. The molecule has 15 heteroatoms. The van der Waals surface area contributed by atoms with Gasteiger partial charge in [-0.05, 0) is 50.5 Å². The lowest BCUT2D eigenvalue weighted by molar-refractivity contribution is -0.145. The first-order chi connectivity index (χ1) is 26.7. The van der Waals surface area contributed by atoms with Gasteiger partial charge >= 0.3 is 6.09 Å². The Hall–Kier alpha value is -3.79. The van der Waals surface area contributed by atoms with Gasteiger partial charge in [0.2, 0.25) is 17.7 Å². The minimum absolute atomic E-state index is 0.0421. The van der Waals surface area contributed by atoms with Crippen molar-refractivity contribution in [3.05, 3.63) is 35.9 Å². The van der Waals surface area contributed by atoms with Crippen molar-refractivity contribution in [3.63, 3.8) is 0 Å². The Balaban J connectivity index is 2.17. The maximum Gasteiger partial charge on any atom is 0.410 e. The van der Waals surface area contributed by atoms with Gasteiger partial charge in [-0.25, -0.2) is 4.79 Å². The van der Waals surface area contributed by atoms with Gasteiger partial charge in [0.25, 0.3) is 5.91 Å². The lowest BCUT2D eigenvalue weighted by atomic mass is 9.89. The molecule has 1 heterocycles. The zero-order valence-electron chi connectivity index (χ0n) is 36.8. The number of benzene rings is 1. The average molecular weight is 806 g/mol. The SMILES string of the molecule is CC[C@H](C)C([C@@H](CC(=O)NCC1OC(C(=O)NCCc2ccccc2)[C@@H](OC)[C@@H]1OC)OC)N(C)C(=O)[C@@H](NC(=O)[C@H](C(C)C)N(C)C(=O)OC(C)(C)C)C(C)C. The molecule has 3 N–H and O–H groups in total. The van der Waals surface area contributed by atoms with Gasteiger partial charge in [0.15, 0.2) is 6.10 Å². The van der Waals surface area contributed by atoms with Gasteiger partial charge in [-0.3, -0.25) is 24.1 Å². The highest BCUT2D eigenvalue weighted by atomic mass is 16.6. The van der Waals surface area contributed by atoms with Crippen LogP contribution in [0.2, 0.25) is 0 Å². The highest BCUT2D eigenvalue weighted by molar-refractivity contribution is 5.91. The van der Waals surface area contributed by atoms with Gasteiger partial charge in [0.1, 0.15) is 36.0 Å². The summed E-state index contributed by atoms with van der Waals surface area (Å²) < 4.78 is 28.9. The maximum absolute atomic E-state index is 14.3. The maximum atomic E-state index is 14.3. The fourth-order valence-corrected chi connectivity index (χ4v) is 7.26. The van der Waals surface area contributed by atoms with Crippen LogP contribution in [0.4, 0.5) is 4.79 Å². The van der Waals surface area contributed by atoms with Crippen molar-refractivity contribution in [1.82, 2.24) is 25.8 Å². The summed E-state index contributed by atoms with van der Waals surface area (Å²) in [5.41, 5.74) is 0.339. The molecule has 15 nitrogen and oxygen atoms in total. The highest BCUT2D eigenvalue weighted by Gasteiger charge is 2.49. The van der Waals surface area contributed by atoms with E-state index < -0.39 is 66.2 Å². The molecule has 1 aliphatic rings. The van der Waals surface area contributed by atoms with Crippen LogP contribution in [0.1, 0.15) is 80.7 Å². The quantitative estimate of drug-likeness (QED) is 0.167. The molecule has 0 bridgehead atoms. The lowest BCUT2D eigenvalue weighted by Gasteiger charge is -2.40. The predicted molar refractivity (Wildman–Crippen MR) is 217 cm³/mol. The summed E-state index contributed by atoms with van der Waals surface area (Å²) >= 11 is 0. The summed E-state index contributed by atoms with van der Waals surface area (Å²) in [7, 11) is 7.66. The van der Waals surface area contributed by atoms with Crippen molar-refractivity contribution in [1.29, 1.82) is 0 Å². The molecule has 57 heavy (non-hydrogen) atoms. The molecule has 3 unspecified atom stereocenters. The summed E-state index contributed by atoms with van der Waals surface area (Å²) in [6.45, 7) is 17.0. The monoisotopic (exact) mass is 806 g/mol. The van der Waals surface area contributed by atoms with E-state index in [4.69, 9.17) is 23.7 Å². The van der Waals surface area contributed by atoms with Crippen molar-refractivity contribution < 1.29 is 47.7 Å². The standard InChI is InChI=1S/C42H71N5O10/c1-15-27(6)34(46(10)40(51)32(25(2)3)45-38(49)33(26(4)5)47(11)41(52)57-42(7,8)9)29(53-12)23-31(48)44-24-30-35(54-13)36(55-14)37(56-30)39(50)43-22-21-28-19-17-16-18-20-28/h16-20,25-27,29-30,32-37H,15,21-24H2,1-14H3,(H,43,50)(H,44,48)(H,45,49)/t27-,29+,30?,32-,33-,34?,35+,36-,37?/m0/s1. The van der Waals surface area contributed by atoms with Crippen LogP contribution in [0.5, 0.6) is 0 Å². The van der Waals surface area contributed by atoms with Crippen LogP contribution in [0, 0.1) is 17.8 Å². The first-order valence-corrected chi connectivity index (χ1v) is 20.1. The molecule has 2 rings (SSSR count). The number of amides is 5. The minimum atomic E-state index is -0.943. The minimum Gasteiger partial charge on any atom is -0.444 e. The van der Waals surface area contributed by atoms with Crippen LogP contribution >= 0.6 is 0 Å². The number of methoxy groups -OCH3 is 3. The third kappa shape index (κ3) is 14.2. The highest BCUT2D eigenvalue weighted by Crippen LogP contribution is 2.27. The molecule has 1 fully saturated rings. The first kappa shape index (κ1) is 49.4. The molecule has 0 saturated carbocycles. The normalized spacial score (nSPS) is 20.9. The van der Waals surface area contributed by atoms with E-state index in [0.29, 0.717) is 19.4 Å². The van der Waals surface area contributed by atoms with Gasteiger partial charge in [-0.2, -0.15) is 0 Å². The number of nitrogens with one attached hydrogen (secondary N) is 3. The summed E-state index contributed by atoms with van der Waals surface area (Å²) in [4.78, 5) is 70.6. The van der Waals surface area contributed by atoms with E-state index in [0.717, 1.165) is 5.56 Å². The molecule has 0 spiro atoms. The summed E-state index contributed by atoms with van der Waals surface area (Å²) in [5.74, 6) is -2.20. The topological polar surface area (TPSA) is 174 Å². The van der Waals surface area contributed by atoms with Gasteiger partial charge in [-0.1, -0.05) is 78.3 Å². The van der Waals surface area contributed by atoms with Crippen LogP contribution in [0.25, 0.3) is 0 Å². The molecule has 9 atom stereocenters. The Morgan fingerprint density at radius 2 is 1.47 bits per heavy atom. The number of rotatable bonds is 21. The van der Waals surface area contributed by atoms with Gasteiger partial charge in [-0.15, -0.1) is 0 Å². The molecular formula is C42H71N5O10.